The van der Waals surface area contributed by atoms with Crippen LogP contribution in [-0.4, -0.2) is 25.6 Å². The maximum atomic E-state index is 5.91. The Bertz CT molecular complexity index is 519. The van der Waals surface area contributed by atoms with E-state index in [-0.39, 0.29) is 0 Å². The largest absolute Gasteiger partial charge is 0.382 e. The van der Waals surface area contributed by atoms with E-state index in [0.29, 0.717) is 23.4 Å². The van der Waals surface area contributed by atoms with Crippen molar-refractivity contribution in [1.29, 1.82) is 0 Å². The summed E-state index contributed by atoms with van der Waals surface area (Å²) >= 11 is 0. The first-order valence-corrected chi connectivity index (χ1v) is 5.44. The van der Waals surface area contributed by atoms with E-state index in [4.69, 9.17) is 11.5 Å². The second kappa shape index (κ2) is 3.41. The smallest absolute Gasteiger partial charge is 0.165 e. The molecule has 3 rings (SSSR count). The summed E-state index contributed by atoms with van der Waals surface area (Å²) in [5.41, 5.74) is 13.2. The van der Waals surface area contributed by atoms with Gasteiger partial charge in [-0.2, -0.15) is 0 Å². The maximum Gasteiger partial charge on any atom is 0.165 e. The van der Waals surface area contributed by atoms with E-state index in [1.54, 1.807) is 6.33 Å². The quantitative estimate of drug-likeness (QED) is 0.725. The van der Waals surface area contributed by atoms with Gasteiger partial charge in [0.05, 0.1) is 6.33 Å². The van der Waals surface area contributed by atoms with Crippen LogP contribution >= 0.6 is 0 Å². The van der Waals surface area contributed by atoms with Gasteiger partial charge in [-0.25, -0.2) is 15.0 Å². The maximum absolute atomic E-state index is 5.91. The van der Waals surface area contributed by atoms with Crippen LogP contribution in [0, 0.1) is 0 Å². The van der Waals surface area contributed by atoms with E-state index in [0.717, 1.165) is 24.9 Å². The van der Waals surface area contributed by atoms with Gasteiger partial charge < -0.3 is 16.0 Å². The minimum Gasteiger partial charge on any atom is -0.382 e. The lowest BCUT2D eigenvalue weighted by Crippen LogP contribution is -2.15. The Kier molecular flexibility index (Phi) is 2.03. The molecule has 0 aliphatic heterocycles. The van der Waals surface area contributed by atoms with Crippen molar-refractivity contribution >= 4 is 17.0 Å². The summed E-state index contributed by atoms with van der Waals surface area (Å²) < 4.78 is 2.07. The first kappa shape index (κ1) is 9.53. The molecule has 0 saturated heterocycles. The van der Waals surface area contributed by atoms with Crippen LogP contribution in [0.3, 0.4) is 0 Å². The highest BCUT2D eigenvalue weighted by molar-refractivity contribution is 5.81. The van der Waals surface area contributed by atoms with Crippen molar-refractivity contribution in [2.45, 2.75) is 31.3 Å². The second-order valence-corrected chi connectivity index (χ2v) is 4.31. The topological polar surface area (TPSA) is 95.6 Å². The number of anilines is 1. The fourth-order valence-corrected chi connectivity index (χ4v) is 2.38. The van der Waals surface area contributed by atoms with Crippen LogP contribution in [0.15, 0.2) is 12.7 Å². The van der Waals surface area contributed by atoms with E-state index in [1.165, 1.54) is 6.33 Å². The van der Waals surface area contributed by atoms with Gasteiger partial charge in [0.15, 0.2) is 11.5 Å². The molecule has 1 fully saturated rings. The molecule has 2 aromatic heterocycles. The number of aromatic nitrogens is 4. The standard InChI is InChI=1S/C10H14N6/c11-6-1-2-7(3-6)16-5-15-8-9(12)13-4-14-10(8)16/h4-7H,1-3,11H2,(H2,12,13,14). The molecule has 0 spiro atoms. The van der Waals surface area contributed by atoms with Gasteiger partial charge in [-0.1, -0.05) is 0 Å². The predicted molar refractivity (Wildman–Crippen MR) is 60.6 cm³/mol. The fourth-order valence-electron chi connectivity index (χ4n) is 2.38. The molecular formula is C10H14N6. The molecule has 1 aliphatic rings. The minimum absolute atomic E-state index is 0.293. The Morgan fingerprint density at radius 2 is 2.12 bits per heavy atom. The summed E-state index contributed by atoms with van der Waals surface area (Å²) in [5.74, 6) is 0.436. The normalized spacial score (nSPS) is 25.3. The van der Waals surface area contributed by atoms with Crippen LogP contribution in [0.4, 0.5) is 5.82 Å². The molecule has 84 valence electrons. The van der Waals surface area contributed by atoms with Crippen LogP contribution in [0.5, 0.6) is 0 Å². The van der Waals surface area contributed by atoms with Crippen molar-refractivity contribution in [1.82, 2.24) is 19.5 Å². The van der Waals surface area contributed by atoms with E-state index in [2.05, 4.69) is 19.5 Å². The molecule has 6 heteroatoms. The van der Waals surface area contributed by atoms with Gasteiger partial charge in [0.2, 0.25) is 0 Å². The van der Waals surface area contributed by atoms with Crippen molar-refractivity contribution in [3.63, 3.8) is 0 Å². The second-order valence-electron chi connectivity index (χ2n) is 4.31. The number of nitrogen functional groups attached to an aromatic ring is 1. The predicted octanol–water partition coefficient (Wildman–Crippen LogP) is 0.461. The number of nitrogens with zero attached hydrogens (tertiary/aromatic N) is 4. The molecule has 6 nitrogen and oxygen atoms in total. The van der Waals surface area contributed by atoms with Gasteiger partial charge in [0.25, 0.3) is 0 Å². The lowest BCUT2D eigenvalue weighted by molar-refractivity contribution is 0.519. The van der Waals surface area contributed by atoms with E-state index in [1.807, 2.05) is 0 Å². The van der Waals surface area contributed by atoms with Crippen LogP contribution in [0.2, 0.25) is 0 Å². The van der Waals surface area contributed by atoms with Gasteiger partial charge in [-0.3, -0.25) is 0 Å². The number of imidazole rings is 1. The first-order chi connectivity index (χ1) is 7.75. The van der Waals surface area contributed by atoms with Crippen molar-refractivity contribution in [3.8, 4) is 0 Å². The highest BCUT2D eigenvalue weighted by atomic mass is 15.1. The zero-order chi connectivity index (χ0) is 11.1. The van der Waals surface area contributed by atoms with Crippen molar-refractivity contribution in [3.05, 3.63) is 12.7 Å². The van der Waals surface area contributed by atoms with Crippen molar-refractivity contribution in [2.24, 2.45) is 5.73 Å². The Morgan fingerprint density at radius 3 is 2.88 bits per heavy atom. The molecule has 0 amide bonds. The Labute approximate surface area is 92.7 Å². The lowest BCUT2D eigenvalue weighted by Gasteiger charge is -2.11. The number of fused-ring (bicyclic) bond motifs is 1. The third-order valence-corrected chi connectivity index (χ3v) is 3.23. The van der Waals surface area contributed by atoms with Gasteiger partial charge >= 0.3 is 0 Å². The average molecular weight is 218 g/mol. The fraction of sp³-hybridized carbons (Fsp3) is 0.500. The highest BCUT2D eigenvalue weighted by Gasteiger charge is 2.25. The summed E-state index contributed by atoms with van der Waals surface area (Å²) in [6.45, 7) is 0. The lowest BCUT2D eigenvalue weighted by atomic mass is 10.2. The summed E-state index contributed by atoms with van der Waals surface area (Å²) in [7, 11) is 0. The molecule has 2 heterocycles. The highest BCUT2D eigenvalue weighted by Crippen LogP contribution is 2.31. The number of hydrogen-bond donors (Lipinski definition) is 2. The number of rotatable bonds is 1. The molecule has 4 N–H and O–H groups in total. The molecule has 1 aliphatic carbocycles. The molecule has 2 unspecified atom stereocenters. The molecule has 16 heavy (non-hydrogen) atoms. The first-order valence-electron chi connectivity index (χ1n) is 5.44. The monoisotopic (exact) mass is 218 g/mol. The van der Waals surface area contributed by atoms with E-state index < -0.39 is 0 Å². The zero-order valence-corrected chi connectivity index (χ0v) is 8.87. The summed E-state index contributed by atoms with van der Waals surface area (Å²) in [6.07, 6.45) is 6.39. The third kappa shape index (κ3) is 1.34. The average Bonchev–Trinajstić information content (AvgIpc) is 2.84. The third-order valence-electron chi connectivity index (χ3n) is 3.23. The summed E-state index contributed by atoms with van der Waals surface area (Å²) in [4.78, 5) is 12.4. The van der Waals surface area contributed by atoms with Crippen LogP contribution < -0.4 is 11.5 Å². The Hall–Kier alpha value is -1.69. The molecule has 2 atom stereocenters. The van der Waals surface area contributed by atoms with Crippen LogP contribution in [0.25, 0.3) is 11.2 Å². The Morgan fingerprint density at radius 1 is 1.25 bits per heavy atom. The molecular weight excluding hydrogens is 204 g/mol. The van der Waals surface area contributed by atoms with Gasteiger partial charge in [0, 0.05) is 12.1 Å². The van der Waals surface area contributed by atoms with Gasteiger partial charge in [-0.15, -0.1) is 0 Å². The summed E-state index contributed by atoms with van der Waals surface area (Å²) in [5, 5.41) is 0. The van der Waals surface area contributed by atoms with Crippen LogP contribution in [-0.2, 0) is 0 Å². The van der Waals surface area contributed by atoms with E-state index >= 15 is 0 Å². The van der Waals surface area contributed by atoms with Gasteiger partial charge in [-0.05, 0) is 19.3 Å². The molecule has 0 radical (unpaired) electrons. The Balaban J connectivity index is 2.08. The number of hydrogen-bond acceptors (Lipinski definition) is 5. The molecule has 2 aromatic rings. The van der Waals surface area contributed by atoms with Crippen molar-refractivity contribution in [2.75, 3.05) is 5.73 Å². The summed E-state index contributed by atoms with van der Waals surface area (Å²) in [6, 6.07) is 0.691. The SMILES string of the molecule is Nc1ncnc2c1ncn2C1CCC(N)C1. The van der Waals surface area contributed by atoms with Gasteiger partial charge in [0.1, 0.15) is 11.8 Å². The molecule has 0 bridgehead atoms. The van der Waals surface area contributed by atoms with E-state index in [9.17, 15) is 0 Å². The zero-order valence-electron chi connectivity index (χ0n) is 8.87. The number of nitrogens with two attached hydrogens (primary N) is 2. The molecule has 0 aromatic carbocycles. The molecule has 1 saturated carbocycles. The van der Waals surface area contributed by atoms with Crippen LogP contribution in [0.1, 0.15) is 25.3 Å². The van der Waals surface area contributed by atoms with Crippen molar-refractivity contribution < 1.29 is 0 Å². The minimum atomic E-state index is 0.293.